The van der Waals surface area contributed by atoms with E-state index >= 15 is 0 Å². The molecule has 0 atom stereocenters. The molecule has 0 bridgehead atoms. The van der Waals surface area contributed by atoms with Gasteiger partial charge in [-0.1, -0.05) is 67.4 Å². The van der Waals surface area contributed by atoms with Crippen molar-refractivity contribution in [1.29, 1.82) is 0 Å². The molecule has 0 aliphatic rings. The first-order valence-electron chi connectivity index (χ1n) is 7.30. The fourth-order valence-electron chi connectivity index (χ4n) is 2.15. The van der Waals surface area contributed by atoms with Crippen LogP contribution in [0.15, 0.2) is 42.5 Å². The zero-order valence-electron chi connectivity index (χ0n) is 12.7. The molecule has 0 saturated heterocycles. The van der Waals surface area contributed by atoms with E-state index in [1.807, 2.05) is 0 Å². The van der Waals surface area contributed by atoms with Crippen LogP contribution in [0.1, 0.15) is 37.3 Å². The van der Waals surface area contributed by atoms with Gasteiger partial charge in [-0.2, -0.15) is 0 Å². The number of hydrogen-bond acceptors (Lipinski definition) is 1. The molecule has 1 amide bonds. The first-order chi connectivity index (χ1) is 10.5. The van der Waals surface area contributed by atoms with Crippen LogP contribution >= 0.6 is 23.2 Å². The predicted molar refractivity (Wildman–Crippen MR) is 93.9 cm³/mol. The maximum atomic E-state index is 12.0. The molecule has 0 aliphatic carbocycles. The summed E-state index contributed by atoms with van der Waals surface area (Å²) in [5.41, 5.74) is 2.92. The molecule has 2 rings (SSSR count). The van der Waals surface area contributed by atoms with Gasteiger partial charge in [-0.3, -0.25) is 4.79 Å². The molecule has 0 spiro atoms. The van der Waals surface area contributed by atoms with Crippen LogP contribution in [-0.2, 0) is 11.2 Å². The number of anilines is 1. The summed E-state index contributed by atoms with van der Waals surface area (Å²) in [4.78, 5) is 12.0. The van der Waals surface area contributed by atoms with Crippen molar-refractivity contribution in [3.63, 3.8) is 0 Å². The summed E-state index contributed by atoms with van der Waals surface area (Å²) < 4.78 is 0. The van der Waals surface area contributed by atoms with Crippen molar-refractivity contribution >= 4 is 34.8 Å². The monoisotopic (exact) mass is 335 g/mol. The minimum atomic E-state index is -0.0945. The van der Waals surface area contributed by atoms with E-state index in [0.29, 0.717) is 34.5 Å². The summed E-state index contributed by atoms with van der Waals surface area (Å²) in [5, 5.41) is 3.67. The molecule has 4 heteroatoms. The van der Waals surface area contributed by atoms with E-state index in [9.17, 15) is 4.79 Å². The smallest absolute Gasteiger partial charge is 0.224 e. The van der Waals surface area contributed by atoms with Crippen LogP contribution in [0.3, 0.4) is 0 Å². The molecule has 0 aromatic heterocycles. The van der Waals surface area contributed by atoms with Crippen molar-refractivity contribution in [2.75, 3.05) is 5.32 Å². The third-order valence-electron chi connectivity index (χ3n) is 3.51. The average molecular weight is 336 g/mol. The van der Waals surface area contributed by atoms with Crippen molar-refractivity contribution < 1.29 is 4.79 Å². The largest absolute Gasteiger partial charge is 0.324 e. The Hall–Kier alpha value is -1.51. The highest BCUT2D eigenvalue weighted by Gasteiger charge is 2.09. The van der Waals surface area contributed by atoms with Gasteiger partial charge in [0, 0.05) is 6.42 Å². The summed E-state index contributed by atoms with van der Waals surface area (Å²) in [6.07, 6.45) is 1.08. The Labute approximate surface area is 141 Å². The third kappa shape index (κ3) is 4.49. The van der Waals surface area contributed by atoms with E-state index in [0.717, 1.165) is 5.56 Å². The summed E-state index contributed by atoms with van der Waals surface area (Å²) in [5.74, 6) is 0.419. The second kappa shape index (κ2) is 7.66. The average Bonchev–Trinajstić information content (AvgIpc) is 2.49. The van der Waals surface area contributed by atoms with Gasteiger partial charge in [0.25, 0.3) is 0 Å². The Morgan fingerprint density at radius 1 is 1.05 bits per heavy atom. The molecule has 116 valence electrons. The fourth-order valence-corrected chi connectivity index (χ4v) is 2.64. The number of rotatable bonds is 5. The molecule has 0 fully saturated rings. The van der Waals surface area contributed by atoms with Gasteiger partial charge in [0.15, 0.2) is 0 Å². The van der Waals surface area contributed by atoms with Gasteiger partial charge in [0.1, 0.15) is 0 Å². The van der Waals surface area contributed by atoms with Crippen LogP contribution in [-0.4, -0.2) is 5.91 Å². The van der Waals surface area contributed by atoms with E-state index in [2.05, 4.69) is 43.4 Å². The van der Waals surface area contributed by atoms with Crippen molar-refractivity contribution in [1.82, 2.24) is 0 Å². The lowest BCUT2D eigenvalue weighted by atomic mass is 10.0. The lowest BCUT2D eigenvalue weighted by Crippen LogP contribution is -2.13. The summed E-state index contributed by atoms with van der Waals surface area (Å²) in [6, 6.07) is 13.5. The lowest BCUT2D eigenvalue weighted by molar-refractivity contribution is -0.116. The normalized spacial score (nSPS) is 10.8. The Kier molecular flexibility index (Phi) is 5.87. The maximum absolute atomic E-state index is 12.0. The van der Waals surface area contributed by atoms with Crippen LogP contribution in [0, 0.1) is 0 Å². The SMILES string of the molecule is CC(C)c1ccc(CCC(=O)Nc2c(Cl)cccc2Cl)cc1. The summed E-state index contributed by atoms with van der Waals surface area (Å²) in [7, 11) is 0. The quantitative estimate of drug-likeness (QED) is 0.747. The topological polar surface area (TPSA) is 29.1 Å². The van der Waals surface area contributed by atoms with Gasteiger partial charge in [-0.15, -0.1) is 0 Å². The number of amides is 1. The number of para-hydroxylation sites is 1. The van der Waals surface area contributed by atoms with Gasteiger partial charge in [0.2, 0.25) is 5.91 Å². The van der Waals surface area contributed by atoms with E-state index < -0.39 is 0 Å². The molecule has 2 aromatic carbocycles. The van der Waals surface area contributed by atoms with Crippen LogP contribution < -0.4 is 5.32 Å². The van der Waals surface area contributed by atoms with E-state index in [4.69, 9.17) is 23.2 Å². The molecule has 0 heterocycles. The Bertz CT molecular complexity index is 630. The summed E-state index contributed by atoms with van der Waals surface area (Å²) in [6.45, 7) is 4.32. The molecule has 22 heavy (non-hydrogen) atoms. The first-order valence-corrected chi connectivity index (χ1v) is 8.05. The molecule has 0 unspecified atom stereocenters. The minimum Gasteiger partial charge on any atom is -0.324 e. The number of carbonyl (C=O) groups is 1. The van der Waals surface area contributed by atoms with Crippen LogP contribution in [0.2, 0.25) is 10.0 Å². The van der Waals surface area contributed by atoms with Crippen LogP contribution in [0.25, 0.3) is 0 Å². The second-order valence-electron chi connectivity index (χ2n) is 5.54. The maximum Gasteiger partial charge on any atom is 0.224 e. The zero-order valence-corrected chi connectivity index (χ0v) is 14.2. The van der Waals surface area contributed by atoms with Gasteiger partial charge in [-0.25, -0.2) is 0 Å². The van der Waals surface area contributed by atoms with Crippen LogP contribution in [0.4, 0.5) is 5.69 Å². The van der Waals surface area contributed by atoms with Gasteiger partial charge in [-0.05, 0) is 35.6 Å². The Morgan fingerprint density at radius 3 is 2.18 bits per heavy atom. The number of hydrogen-bond donors (Lipinski definition) is 1. The van der Waals surface area contributed by atoms with Crippen molar-refractivity contribution in [2.45, 2.75) is 32.6 Å². The van der Waals surface area contributed by atoms with Gasteiger partial charge in [0.05, 0.1) is 15.7 Å². The third-order valence-corrected chi connectivity index (χ3v) is 4.14. The first kappa shape index (κ1) is 16.9. The minimum absolute atomic E-state index is 0.0945. The Morgan fingerprint density at radius 2 is 1.64 bits per heavy atom. The lowest BCUT2D eigenvalue weighted by Gasteiger charge is -2.10. The molecular weight excluding hydrogens is 317 g/mol. The van der Waals surface area contributed by atoms with E-state index in [-0.39, 0.29) is 5.91 Å². The number of carbonyl (C=O) groups excluding carboxylic acids is 1. The molecule has 0 saturated carbocycles. The summed E-state index contributed by atoms with van der Waals surface area (Å²) >= 11 is 12.1. The number of nitrogens with one attached hydrogen (secondary N) is 1. The van der Waals surface area contributed by atoms with Crippen molar-refractivity contribution in [3.05, 3.63) is 63.6 Å². The Balaban J connectivity index is 1.93. The predicted octanol–water partition coefficient (Wildman–Crippen LogP) is 5.69. The van der Waals surface area contributed by atoms with Crippen LogP contribution in [0.5, 0.6) is 0 Å². The van der Waals surface area contributed by atoms with E-state index in [1.165, 1.54) is 5.56 Å². The van der Waals surface area contributed by atoms with Crippen molar-refractivity contribution in [2.24, 2.45) is 0 Å². The van der Waals surface area contributed by atoms with Gasteiger partial charge >= 0.3 is 0 Å². The molecule has 0 aliphatic heterocycles. The second-order valence-corrected chi connectivity index (χ2v) is 6.36. The standard InChI is InChI=1S/C18H19Cl2NO/c1-12(2)14-9-6-13(7-10-14)8-11-17(22)21-18-15(19)4-3-5-16(18)20/h3-7,9-10,12H,8,11H2,1-2H3,(H,21,22). The molecule has 2 nitrogen and oxygen atoms in total. The van der Waals surface area contributed by atoms with Crippen molar-refractivity contribution in [3.8, 4) is 0 Å². The highest BCUT2D eigenvalue weighted by atomic mass is 35.5. The molecule has 0 radical (unpaired) electrons. The molecule has 1 N–H and O–H groups in total. The fraction of sp³-hybridized carbons (Fsp3) is 0.278. The number of halogens is 2. The van der Waals surface area contributed by atoms with Gasteiger partial charge < -0.3 is 5.32 Å². The number of aryl methyl sites for hydroxylation is 1. The molecular formula is C18H19Cl2NO. The van der Waals surface area contributed by atoms with E-state index in [1.54, 1.807) is 18.2 Å². The number of benzene rings is 2. The highest BCUT2D eigenvalue weighted by molar-refractivity contribution is 6.39. The highest BCUT2D eigenvalue weighted by Crippen LogP contribution is 2.29. The zero-order chi connectivity index (χ0) is 16.1. The molecule has 2 aromatic rings.